The van der Waals surface area contributed by atoms with Crippen LogP contribution in [0.2, 0.25) is 0 Å². The highest BCUT2D eigenvalue weighted by molar-refractivity contribution is 6.02. The molecule has 0 bridgehead atoms. The normalized spacial score (nSPS) is 12.1. The number of nitrogens with one attached hydrogen (secondary N) is 1. The molecule has 0 radical (unpaired) electrons. The molecule has 0 saturated carbocycles. The van der Waals surface area contributed by atoms with Crippen molar-refractivity contribution in [1.82, 2.24) is 5.32 Å². The molecule has 1 atom stereocenters. The first kappa shape index (κ1) is 23.5. The molecule has 0 saturated heterocycles. The van der Waals surface area contributed by atoms with Crippen LogP contribution >= 0.6 is 0 Å². The third-order valence-electron chi connectivity index (χ3n) is 5.07. The Morgan fingerprint density at radius 2 is 1.64 bits per heavy atom. The number of nitrogens with zero attached hydrogens (tertiary/aromatic N) is 1. The van der Waals surface area contributed by atoms with E-state index in [-0.39, 0.29) is 12.4 Å². The maximum Gasteiger partial charge on any atom is 0.320 e. The maximum atomic E-state index is 12.4. The number of aliphatic carboxylic acids is 1. The summed E-state index contributed by atoms with van der Waals surface area (Å²) in [6.07, 6.45) is 0.169. The predicted molar refractivity (Wildman–Crippen MR) is 127 cm³/mol. The Morgan fingerprint density at radius 1 is 1.00 bits per heavy atom. The van der Waals surface area contributed by atoms with Gasteiger partial charge < -0.3 is 26.6 Å². The molecular weight excluding hydrogens is 420 g/mol. The molecule has 3 aromatic carbocycles. The quantitative estimate of drug-likeness (QED) is 0.308. The number of carboxylic acids is 1. The van der Waals surface area contributed by atoms with Crippen molar-refractivity contribution in [3.8, 4) is 16.9 Å². The third-order valence-corrected chi connectivity index (χ3v) is 5.07. The molecule has 6 N–H and O–H groups in total. The number of guanidine groups is 1. The van der Waals surface area contributed by atoms with Crippen LogP contribution in [0, 0.1) is 0 Å². The maximum absolute atomic E-state index is 12.4. The van der Waals surface area contributed by atoms with Gasteiger partial charge >= 0.3 is 5.97 Å². The minimum atomic E-state index is -1.08. The van der Waals surface area contributed by atoms with Crippen LogP contribution in [0.5, 0.6) is 5.75 Å². The van der Waals surface area contributed by atoms with E-state index in [1.54, 1.807) is 31.4 Å². The minimum absolute atomic E-state index is 0.00759. The Balaban J connectivity index is 1.68. The van der Waals surface area contributed by atoms with Gasteiger partial charge in [0.2, 0.25) is 0 Å². The number of carbonyl (C=O) groups is 2. The van der Waals surface area contributed by atoms with Gasteiger partial charge in [0.15, 0.2) is 5.96 Å². The summed E-state index contributed by atoms with van der Waals surface area (Å²) in [5.41, 5.74) is 15.4. The molecule has 3 aromatic rings. The van der Waals surface area contributed by atoms with E-state index in [9.17, 15) is 9.59 Å². The smallest absolute Gasteiger partial charge is 0.320 e. The van der Waals surface area contributed by atoms with Gasteiger partial charge in [0, 0.05) is 17.7 Å². The second kappa shape index (κ2) is 10.9. The zero-order chi connectivity index (χ0) is 23.8. The lowest BCUT2D eigenvalue weighted by Crippen LogP contribution is -2.32. The molecular formula is C25H26N4O4. The molecule has 0 aromatic heterocycles. The van der Waals surface area contributed by atoms with Gasteiger partial charge in [-0.1, -0.05) is 54.6 Å². The number of nitrogens with two attached hydrogens (primary N) is 2. The van der Waals surface area contributed by atoms with Gasteiger partial charge in [-0.05, 0) is 41.3 Å². The molecule has 33 heavy (non-hydrogen) atoms. The Bertz CT molecular complexity index is 1160. The summed E-state index contributed by atoms with van der Waals surface area (Å²) in [6, 6.07) is 21.0. The molecule has 0 aliphatic heterocycles. The average molecular weight is 447 g/mol. The summed E-state index contributed by atoms with van der Waals surface area (Å²) in [4.78, 5) is 27.2. The van der Waals surface area contributed by atoms with Crippen LogP contribution < -0.4 is 21.5 Å². The highest BCUT2D eigenvalue weighted by Gasteiger charge is 2.13. The molecule has 0 spiro atoms. The first-order valence-electron chi connectivity index (χ1n) is 10.3. The van der Waals surface area contributed by atoms with Crippen molar-refractivity contribution < 1.29 is 19.4 Å². The highest BCUT2D eigenvalue weighted by atomic mass is 16.5. The summed E-state index contributed by atoms with van der Waals surface area (Å²) in [5.74, 6) is -0.834. The SMILES string of the molecule is COc1ccccc1-c1ccccc1CN/C(N)=N/C(=O)c1ccc(C[C@H](N)C(=O)O)cc1. The van der Waals surface area contributed by atoms with Gasteiger partial charge in [0.05, 0.1) is 7.11 Å². The van der Waals surface area contributed by atoms with Crippen LogP contribution in [0.4, 0.5) is 0 Å². The van der Waals surface area contributed by atoms with E-state index in [0.29, 0.717) is 17.7 Å². The first-order chi connectivity index (χ1) is 15.9. The van der Waals surface area contributed by atoms with E-state index >= 15 is 0 Å². The number of para-hydroxylation sites is 1. The fourth-order valence-corrected chi connectivity index (χ4v) is 3.33. The number of ether oxygens (including phenoxy) is 1. The molecule has 8 heteroatoms. The fourth-order valence-electron chi connectivity index (χ4n) is 3.33. The number of carbonyl (C=O) groups excluding carboxylic acids is 1. The largest absolute Gasteiger partial charge is 0.496 e. The van der Waals surface area contributed by atoms with Crippen LogP contribution in [0.15, 0.2) is 77.8 Å². The van der Waals surface area contributed by atoms with Crippen molar-refractivity contribution in [2.75, 3.05) is 7.11 Å². The molecule has 0 unspecified atom stereocenters. The number of hydrogen-bond donors (Lipinski definition) is 4. The fraction of sp³-hybridized carbons (Fsp3) is 0.160. The van der Waals surface area contributed by atoms with Crippen LogP contribution in [0.25, 0.3) is 11.1 Å². The Kier molecular flexibility index (Phi) is 7.77. The third kappa shape index (κ3) is 6.18. The molecule has 0 heterocycles. The zero-order valence-electron chi connectivity index (χ0n) is 18.2. The van der Waals surface area contributed by atoms with Gasteiger partial charge in [0.1, 0.15) is 11.8 Å². The lowest BCUT2D eigenvalue weighted by molar-refractivity contribution is -0.138. The van der Waals surface area contributed by atoms with Crippen LogP contribution in [-0.2, 0) is 17.8 Å². The Morgan fingerprint density at radius 3 is 2.30 bits per heavy atom. The Labute approximate surface area is 191 Å². The van der Waals surface area contributed by atoms with Gasteiger partial charge in [-0.15, -0.1) is 0 Å². The number of methoxy groups -OCH3 is 1. The number of rotatable bonds is 8. The second-order valence-electron chi connectivity index (χ2n) is 7.36. The van der Waals surface area contributed by atoms with Crippen molar-refractivity contribution in [1.29, 1.82) is 0 Å². The number of amides is 1. The topological polar surface area (TPSA) is 140 Å². The number of benzene rings is 3. The number of aliphatic imine (C=N–C) groups is 1. The van der Waals surface area contributed by atoms with Crippen molar-refractivity contribution in [3.63, 3.8) is 0 Å². The van der Waals surface area contributed by atoms with Crippen LogP contribution in [0.1, 0.15) is 21.5 Å². The summed E-state index contributed by atoms with van der Waals surface area (Å²) in [5, 5.41) is 11.9. The minimum Gasteiger partial charge on any atom is -0.496 e. The standard InChI is InChI=1S/C25H26N4O4/c1-33-22-9-5-4-8-20(22)19-7-3-2-6-18(19)15-28-25(27)29-23(30)17-12-10-16(11-13-17)14-21(26)24(31)32/h2-13,21H,14-15,26H2,1H3,(H,31,32)(H3,27,28,29,30)/t21-/m0/s1. The lowest BCUT2D eigenvalue weighted by atomic mass is 9.99. The van der Waals surface area contributed by atoms with Crippen molar-refractivity contribution in [2.24, 2.45) is 16.5 Å². The second-order valence-corrected chi connectivity index (χ2v) is 7.36. The summed E-state index contributed by atoms with van der Waals surface area (Å²) >= 11 is 0. The number of carboxylic acid groups (broad SMARTS) is 1. The van der Waals surface area contributed by atoms with Gasteiger partial charge in [-0.25, -0.2) is 0 Å². The molecule has 3 rings (SSSR count). The van der Waals surface area contributed by atoms with Crippen molar-refractivity contribution >= 4 is 17.8 Å². The van der Waals surface area contributed by atoms with Crippen LogP contribution in [0.3, 0.4) is 0 Å². The molecule has 0 aliphatic rings. The van der Waals surface area contributed by atoms with E-state index in [4.69, 9.17) is 21.3 Å². The predicted octanol–water partition coefficient (Wildman–Crippen LogP) is 2.56. The molecule has 1 amide bonds. The Hall–Kier alpha value is -4.17. The number of hydrogen-bond acceptors (Lipinski definition) is 4. The van der Waals surface area contributed by atoms with E-state index in [0.717, 1.165) is 22.4 Å². The molecule has 0 aliphatic carbocycles. The van der Waals surface area contributed by atoms with E-state index in [1.807, 2.05) is 48.5 Å². The van der Waals surface area contributed by atoms with Crippen molar-refractivity contribution in [2.45, 2.75) is 19.0 Å². The highest BCUT2D eigenvalue weighted by Crippen LogP contribution is 2.31. The molecule has 170 valence electrons. The van der Waals surface area contributed by atoms with Crippen LogP contribution in [-0.4, -0.2) is 36.1 Å². The zero-order valence-corrected chi connectivity index (χ0v) is 18.2. The summed E-state index contributed by atoms with van der Waals surface area (Å²) < 4.78 is 5.47. The molecule has 8 nitrogen and oxygen atoms in total. The average Bonchev–Trinajstić information content (AvgIpc) is 2.83. The van der Waals surface area contributed by atoms with E-state index in [2.05, 4.69) is 10.3 Å². The first-order valence-corrected chi connectivity index (χ1v) is 10.3. The van der Waals surface area contributed by atoms with Gasteiger partial charge in [-0.2, -0.15) is 4.99 Å². The summed E-state index contributed by atoms with van der Waals surface area (Å²) in [7, 11) is 1.63. The van der Waals surface area contributed by atoms with E-state index < -0.39 is 17.9 Å². The van der Waals surface area contributed by atoms with E-state index in [1.165, 1.54) is 0 Å². The summed E-state index contributed by atoms with van der Waals surface area (Å²) in [6.45, 7) is 0.364. The van der Waals surface area contributed by atoms with Gasteiger partial charge in [0.25, 0.3) is 5.91 Å². The van der Waals surface area contributed by atoms with Gasteiger partial charge in [-0.3, -0.25) is 9.59 Å². The lowest BCUT2D eigenvalue weighted by Gasteiger charge is -2.14. The monoisotopic (exact) mass is 446 g/mol. The van der Waals surface area contributed by atoms with Crippen molar-refractivity contribution in [3.05, 3.63) is 89.5 Å². The molecule has 0 fully saturated rings.